The van der Waals surface area contributed by atoms with E-state index >= 15 is 0 Å². The number of carbonyl (C=O) groups excluding carboxylic acids is 2. The molecule has 116 valence electrons. The number of urea groups is 1. The molecule has 0 spiro atoms. The summed E-state index contributed by atoms with van der Waals surface area (Å²) < 4.78 is 0. The predicted molar refractivity (Wildman–Crippen MR) is 83.9 cm³/mol. The lowest BCUT2D eigenvalue weighted by Crippen LogP contribution is -2.39. The van der Waals surface area contributed by atoms with Gasteiger partial charge in [0.25, 0.3) is 0 Å². The molecule has 6 heteroatoms. The third kappa shape index (κ3) is 5.07. The molecule has 0 saturated heterocycles. The third-order valence-corrected chi connectivity index (χ3v) is 3.25. The van der Waals surface area contributed by atoms with Crippen LogP contribution < -0.4 is 16.4 Å². The molecule has 0 heterocycles. The Morgan fingerprint density at radius 3 is 2.57 bits per heavy atom. The number of nitrogens with one attached hydrogen (secondary N) is 2. The van der Waals surface area contributed by atoms with Crippen molar-refractivity contribution < 1.29 is 9.59 Å². The van der Waals surface area contributed by atoms with Gasteiger partial charge in [-0.05, 0) is 24.6 Å². The molecule has 3 amide bonds. The van der Waals surface area contributed by atoms with Gasteiger partial charge in [-0.1, -0.05) is 19.1 Å². The Labute approximate surface area is 125 Å². The number of hydrogen-bond donors (Lipinski definition) is 3. The number of amides is 3. The Morgan fingerprint density at radius 2 is 2.00 bits per heavy atom. The number of benzene rings is 1. The van der Waals surface area contributed by atoms with Crippen LogP contribution in [0.2, 0.25) is 0 Å². The molecule has 2 unspecified atom stereocenters. The number of rotatable bonds is 5. The summed E-state index contributed by atoms with van der Waals surface area (Å²) in [5.41, 5.74) is 7.46. The fourth-order valence-electron chi connectivity index (χ4n) is 1.94. The van der Waals surface area contributed by atoms with Crippen LogP contribution in [-0.2, 0) is 4.79 Å². The first-order valence-electron chi connectivity index (χ1n) is 6.94. The molecule has 0 fully saturated rings. The summed E-state index contributed by atoms with van der Waals surface area (Å²) in [7, 11) is 3.24. The summed E-state index contributed by atoms with van der Waals surface area (Å²) >= 11 is 0. The van der Waals surface area contributed by atoms with Gasteiger partial charge in [-0.25, -0.2) is 4.79 Å². The van der Waals surface area contributed by atoms with Crippen LogP contribution in [0.25, 0.3) is 0 Å². The van der Waals surface area contributed by atoms with Gasteiger partial charge in [0.15, 0.2) is 0 Å². The first-order valence-corrected chi connectivity index (χ1v) is 6.94. The number of hydrogen-bond acceptors (Lipinski definition) is 3. The van der Waals surface area contributed by atoms with Crippen LogP contribution in [-0.4, -0.2) is 37.5 Å². The third-order valence-electron chi connectivity index (χ3n) is 3.25. The molecule has 0 aliphatic carbocycles. The summed E-state index contributed by atoms with van der Waals surface area (Å²) in [6.07, 6.45) is 0. The molecule has 2 atom stereocenters. The highest BCUT2D eigenvalue weighted by molar-refractivity contribution is 5.89. The van der Waals surface area contributed by atoms with Crippen molar-refractivity contribution in [3.63, 3.8) is 0 Å². The molecule has 0 saturated carbocycles. The van der Waals surface area contributed by atoms with E-state index in [1.165, 1.54) is 4.90 Å². The summed E-state index contributed by atoms with van der Waals surface area (Å²) in [5, 5.41) is 5.37. The first-order chi connectivity index (χ1) is 9.85. The van der Waals surface area contributed by atoms with Crippen molar-refractivity contribution in [3.8, 4) is 0 Å². The van der Waals surface area contributed by atoms with Gasteiger partial charge in [0.05, 0.1) is 5.92 Å². The monoisotopic (exact) mass is 292 g/mol. The van der Waals surface area contributed by atoms with Gasteiger partial charge in [-0.15, -0.1) is 0 Å². The largest absolute Gasteiger partial charge is 0.359 e. The molecule has 1 aromatic rings. The average molecular weight is 292 g/mol. The summed E-state index contributed by atoms with van der Waals surface area (Å²) in [6.45, 7) is 4.01. The molecular formula is C15H24N4O2. The maximum atomic E-state index is 12.1. The minimum atomic E-state index is -0.263. The van der Waals surface area contributed by atoms with Crippen LogP contribution in [0.1, 0.15) is 25.5 Å². The van der Waals surface area contributed by atoms with E-state index in [9.17, 15) is 9.59 Å². The van der Waals surface area contributed by atoms with Gasteiger partial charge in [-0.3, -0.25) is 4.79 Å². The van der Waals surface area contributed by atoms with Gasteiger partial charge in [0.2, 0.25) is 5.91 Å². The Balaban J connectivity index is 2.64. The molecular weight excluding hydrogens is 268 g/mol. The van der Waals surface area contributed by atoms with E-state index < -0.39 is 0 Å². The lowest BCUT2D eigenvalue weighted by atomic mass is 10.1. The molecule has 0 aliphatic heterocycles. The van der Waals surface area contributed by atoms with Crippen molar-refractivity contribution in [2.45, 2.75) is 19.9 Å². The Morgan fingerprint density at radius 1 is 1.33 bits per heavy atom. The number of nitrogens with zero attached hydrogens (tertiary/aromatic N) is 1. The zero-order valence-electron chi connectivity index (χ0n) is 13.0. The lowest BCUT2D eigenvalue weighted by molar-refractivity contribution is -0.124. The van der Waals surface area contributed by atoms with Crippen molar-refractivity contribution in [2.24, 2.45) is 11.7 Å². The predicted octanol–water partition coefficient (Wildman–Crippen LogP) is 1.55. The van der Waals surface area contributed by atoms with Crippen molar-refractivity contribution in [2.75, 3.05) is 26.0 Å². The zero-order chi connectivity index (χ0) is 16.0. The molecule has 0 aliphatic rings. The number of carbonyl (C=O) groups is 2. The molecule has 4 N–H and O–H groups in total. The van der Waals surface area contributed by atoms with Crippen LogP contribution in [0.15, 0.2) is 24.3 Å². The second kappa shape index (κ2) is 7.64. The SMILES string of the molecule is CNC(=O)C(C)CN(C)C(=O)Nc1cccc(C(C)N)c1. The fourth-order valence-corrected chi connectivity index (χ4v) is 1.94. The van der Waals surface area contributed by atoms with Gasteiger partial charge in [-0.2, -0.15) is 0 Å². The van der Waals surface area contributed by atoms with E-state index in [0.29, 0.717) is 12.2 Å². The van der Waals surface area contributed by atoms with Gasteiger partial charge in [0, 0.05) is 32.4 Å². The second-order valence-corrected chi connectivity index (χ2v) is 5.24. The van der Waals surface area contributed by atoms with E-state index in [4.69, 9.17) is 5.73 Å². The van der Waals surface area contributed by atoms with Gasteiger partial charge < -0.3 is 21.3 Å². The summed E-state index contributed by atoms with van der Waals surface area (Å²) in [5.74, 6) is -0.352. The molecule has 1 rings (SSSR count). The van der Waals surface area contributed by atoms with Crippen LogP contribution >= 0.6 is 0 Å². The minimum Gasteiger partial charge on any atom is -0.359 e. The highest BCUT2D eigenvalue weighted by Crippen LogP contribution is 2.16. The van der Waals surface area contributed by atoms with Crippen molar-refractivity contribution >= 4 is 17.6 Å². The summed E-state index contributed by atoms with van der Waals surface area (Å²) in [4.78, 5) is 25.0. The van der Waals surface area contributed by atoms with Crippen LogP contribution in [0.4, 0.5) is 10.5 Å². The Kier molecular flexibility index (Phi) is 6.17. The molecule has 0 bridgehead atoms. The quantitative estimate of drug-likeness (QED) is 0.769. The van der Waals surface area contributed by atoms with Gasteiger partial charge in [0.1, 0.15) is 0 Å². The highest BCUT2D eigenvalue weighted by Gasteiger charge is 2.17. The number of anilines is 1. The van der Waals surface area contributed by atoms with Crippen LogP contribution in [0.5, 0.6) is 0 Å². The maximum Gasteiger partial charge on any atom is 0.321 e. The molecule has 6 nitrogen and oxygen atoms in total. The number of nitrogens with two attached hydrogens (primary N) is 1. The average Bonchev–Trinajstić information content (AvgIpc) is 2.46. The van der Waals surface area contributed by atoms with Crippen molar-refractivity contribution in [1.82, 2.24) is 10.2 Å². The molecule has 0 radical (unpaired) electrons. The van der Waals surface area contributed by atoms with Gasteiger partial charge >= 0.3 is 6.03 Å². The van der Waals surface area contributed by atoms with E-state index in [0.717, 1.165) is 5.56 Å². The Hall–Kier alpha value is -2.08. The highest BCUT2D eigenvalue weighted by atomic mass is 16.2. The molecule has 1 aromatic carbocycles. The molecule has 0 aromatic heterocycles. The van der Waals surface area contributed by atoms with Crippen LogP contribution in [0, 0.1) is 5.92 Å². The topological polar surface area (TPSA) is 87.5 Å². The second-order valence-electron chi connectivity index (χ2n) is 5.24. The van der Waals surface area contributed by atoms with E-state index in [1.807, 2.05) is 25.1 Å². The molecule has 21 heavy (non-hydrogen) atoms. The maximum absolute atomic E-state index is 12.1. The summed E-state index contributed by atoms with van der Waals surface area (Å²) in [6, 6.07) is 7.07. The van der Waals surface area contributed by atoms with Crippen molar-refractivity contribution in [3.05, 3.63) is 29.8 Å². The van der Waals surface area contributed by atoms with Crippen molar-refractivity contribution in [1.29, 1.82) is 0 Å². The fraction of sp³-hybridized carbons (Fsp3) is 0.467. The lowest BCUT2D eigenvalue weighted by Gasteiger charge is -2.21. The van der Waals surface area contributed by atoms with Crippen LogP contribution in [0.3, 0.4) is 0 Å². The first kappa shape index (κ1) is 17.0. The van der Waals surface area contributed by atoms with E-state index in [-0.39, 0.29) is 23.9 Å². The minimum absolute atomic E-state index is 0.0893. The van der Waals surface area contributed by atoms with E-state index in [1.54, 1.807) is 27.1 Å². The zero-order valence-corrected chi connectivity index (χ0v) is 13.0. The standard InChI is InChI=1S/C15H24N4O2/c1-10(14(20)17-3)9-19(4)15(21)18-13-7-5-6-12(8-13)11(2)16/h5-8,10-11H,9,16H2,1-4H3,(H,17,20)(H,18,21). The Bertz CT molecular complexity index is 502. The van der Waals surface area contributed by atoms with E-state index in [2.05, 4.69) is 10.6 Å². The smallest absolute Gasteiger partial charge is 0.321 e. The normalized spacial score (nSPS) is 13.2.